The molecule has 120 valence electrons. The Morgan fingerprint density at radius 1 is 1.43 bits per heavy atom. The van der Waals surface area contributed by atoms with Crippen LogP contribution in [0.3, 0.4) is 0 Å². The minimum atomic E-state index is -4.18. The lowest BCUT2D eigenvalue weighted by Crippen LogP contribution is -2.41. The third-order valence-corrected chi connectivity index (χ3v) is 4.04. The molecule has 0 aliphatic carbocycles. The first kappa shape index (κ1) is 19.6. The van der Waals surface area contributed by atoms with Gasteiger partial charge in [-0.1, -0.05) is 0 Å². The van der Waals surface area contributed by atoms with Gasteiger partial charge in [-0.25, -0.2) is 21.9 Å². The fraction of sp³-hybridized carbons (Fsp3) is 0.400. The van der Waals surface area contributed by atoms with E-state index in [-0.39, 0.29) is 28.6 Å². The monoisotopic (exact) mass is 345 g/mol. The number of hydrogen-bond donors (Lipinski definition) is 2. The molecule has 0 amide bonds. The molecular formula is C10H14ClF2N3O4S. The highest BCUT2D eigenvalue weighted by Crippen LogP contribution is 2.21. The van der Waals surface area contributed by atoms with E-state index in [2.05, 4.69) is 0 Å². The standard InChI is InChI=1S/C10H13F2N3O4S.ClH/c1-7-4-8(15(16)17)2-3-9(7)20(18,19)14-6-10(11,12)5-13;/h2-4,14H,5-6,13H2,1H3;1H. The summed E-state index contributed by atoms with van der Waals surface area (Å²) in [5, 5.41) is 10.5. The van der Waals surface area contributed by atoms with Crippen molar-refractivity contribution in [2.24, 2.45) is 5.73 Å². The number of non-ortho nitro benzene ring substituents is 1. The first-order valence-corrected chi connectivity index (χ1v) is 6.90. The average molecular weight is 346 g/mol. The number of alkyl halides is 2. The Morgan fingerprint density at radius 2 is 2.00 bits per heavy atom. The molecule has 0 heterocycles. The summed E-state index contributed by atoms with van der Waals surface area (Å²) in [6, 6.07) is 3.04. The zero-order valence-corrected chi connectivity index (χ0v) is 12.5. The largest absolute Gasteiger partial charge is 0.325 e. The predicted molar refractivity (Wildman–Crippen MR) is 74.3 cm³/mol. The van der Waals surface area contributed by atoms with Gasteiger partial charge in [-0.15, -0.1) is 12.4 Å². The van der Waals surface area contributed by atoms with Crippen LogP contribution < -0.4 is 10.5 Å². The van der Waals surface area contributed by atoms with Crippen molar-refractivity contribution in [3.8, 4) is 0 Å². The highest BCUT2D eigenvalue weighted by molar-refractivity contribution is 7.89. The van der Waals surface area contributed by atoms with Crippen molar-refractivity contribution in [2.45, 2.75) is 17.7 Å². The SMILES string of the molecule is Cc1cc([N+](=O)[O-])ccc1S(=O)(=O)NCC(F)(F)CN.Cl. The highest BCUT2D eigenvalue weighted by atomic mass is 35.5. The van der Waals surface area contributed by atoms with Gasteiger partial charge < -0.3 is 5.73 Å². The Labute approximate surface area is 126 Å². The predicted octanol–water partition coefficient (Wildman–Crippen LogP) is 1.20. The van der Waals surface area contributed by atoms with Crippen LogP contribution in [0.2, 0.25) is 0 Å². The van der Waals surface area contributed by atoms with Crippen molar-refractivity contribution >= 4 is 28.1 Å². The zero-order valence-electron chi connectivity index (χ0n) is 10.9. The van der Waals surface area contributed by atoms with Gasteiger partial charge >= 0.3 is 0 Å². The number of rotatable bonds is 6. The molecule has 1 rings (SSSR count). The highest BCUT2D eigenvalue weighted by Gasteiger charge is 2.30. The summed E-state index contributed by atoms with van der Waals surface area (Å²) < 4.78 is 51.3. The molecule has 0 spiro atoms. The lowest BCUT2D eigenvalue weighted by molar-refractivity contribution is -0.385. The summed E-state index contributed by atoms with van der Waals surface area (Å²) in [6.45, 7) is -0.792. The van der Waals surface area contributed by atoms with Crippen molar-refractivity contribution < 1.29 is 22.1 Å². The van der Waals surface area contributed by atoms with Crippen LogP contribution in [0, 0.1) is 17.0 Å². The Morgan fingerprint density at radius 3 is 2.43 bits per heavy atom. The van der Waals surface area contributed by atoms with Gasteiger partial charge in [-0.3, -0.25) is 10.1 Å². The van der Waals surface area contributed by atoms with E-state index in [1.54, 1.807) is 4.72 Å². The number of nitrogens with two attached hydrogens (primary N) is 1. The summed E-state index contributed by atoms with van der Waals surface area (Å²) in [5.74, 6) is -3.36. The first-order chi connectivity index (χ1) is 9.09. The Balaban J connectivity index is 0.00000400. The van der Waals surface area contributed by atoms with Crippen LogP contribution in [-0.2, 0) is 10.0 Å². The van der Waals surface area contributed by atoms with Crippen molar-refractivity contribution in [2.75, 3.05) is 13.1 Å². The molecule has 0 fully saturated rings. The van der Waals surface area contributed by atoms with E-state index in [1.807, 2.05) is 0 Å². The number of nitro benzene ring substituents is 1. The quantitative estimate of drug-likeness (QED) is 0.593. The van der Waals surface area contributed by atoms with Crippen molar-refractivity contribution in [1.82, 2.24) is 4.72 Å². The van der Waals surface area contributed by atoms with Gasteiger partial charge in [0.2, 0.25) is 10.0 Å². The lowest BCUT2D eigenvalue weighted by Gasteiger charge is -2.15. The van der Waals surface area contributed by atoms with Crippen LogP contribution >= 0.6 is 12.4 Å². The minimum Gasteiger partial charge on any atom is -0.325 e. The molecule has 11 heteroatoms. The molecule has 0 aromatic heterocycles. The summed E-state index contributed by atoms with van der Waals surface area (Å²) in [4.78, 5) is 9.56. The molecule has 0 aliphatic heterocycles. The van der Waals surface area contributed by atoms with E-state index in [1.165, 1.54) is 6.92 Å². The molecule has 3 N–H and O–H groups in total. The third-order valence-electron chi connectivity index (χ3n) is 2.48. The summed E-state index contributed by atoms with van der Waals surface area (Å²) in [5.41, 5.74) is 4.60. The number of aryl methyl sites for hydroxylation is 1. The molecule has 7 nitrogen and oxygen atoms in total. The normalized spacial score (nSPS) is 11.8. The molecule has 0 saturated carbocycles. The lowest BCUT2D eigenvalue weighted by atomic mass is 10.2. The number of benzene rings is 1. The third kappa shape index (κ3) is 5.16. The van der Waals surface area contributed by atoms with E-state index in [9.17, 15) is 27.3 Å². The summed E-state index contributed by atoms with van der Waals surface area (Å²) >= 11 is 0. The van der Waals surface area contributed by atoms with E-state index in [4.69, 9.17) is 5.73 Å². The molecule has 0 unspecified atom stereocenters. The molecule has 0 bridgehead atoms. The van der Waals surface area contributed by atoms with Crippen LogP contribution in [0.15, 0.2) is 23.1 Å². The summed E-state index contributed by atoms with van der Waals surface area (Å²) in [7, 11) is -4.18. The first-order valence-electron chi connectivity index (χ1n) is 5.42. The number of nitro groups is 1. The van der Waals surface area contributed by atoms with Crippen LogP contribution in [0.5, 0.6) is 0 Å². The number of hydrogen-bond acceptors (Lipinski definition) is 5. The van der Waals surface area contributed by atoms with Crippen molar-refractivity contribution in [1.29, 1.82) is 0 Å². The van der Waals surface area contributed by atoms with E-state index < -0.39 is 34.0 Å². The molecule has 21 heavy (non-hydrogen) atoms. The molecule has 0 saturated heterocycles. The fourth-order valence-corrected chi connectivity index (χ4v) is 2.69. The van der Waals surface area contributed by atoms with Gasteiger partial charge in [0.15, 0.2) is 0 Å². The molecule has 0 aliphatic rings. The van der Waals surface area contributed by atoms with Crippen molar-refractivity contribution in [3.05, 3.63) is 33.9 Å². The number of halogens is 3. The van der Waals surface area contributed by atoms with Crippen LogP contribution in [0.25, 0.3) is 0 Å². The average Bonchev–Trinajstić information content (AvgIpc) is 2.36. The topological polar surface area (TPSA) is 115 Å². The van der Waals surface area contributed by atoms with E-state index >= 15 is 0 Å². The van der Waals surface area contributed by atoms with Crippen LogP contribution in [0.4, 0.5) is 14.5 Å². The molecule has 0 radical (unpaired) electrons. The number of sulfonamides is 1. The Kier molecular flexibility index (Phi) is 6.61. The smallest absolute Gasteiger partial charge is 0.273 e. The maximum atomic E-state index is 12.9. The fourth-order valence-electron chi connectivity index (χ4n) is 1.40. The minimum absolute atomic E-state index is 0. The van der Waals surface area contributed by atoms with E-state index in [0.29, 0.717) is 0 Å². The maximum absolute atomic E-state index is 12.9. The van der Waals surface area contributed by atoms with Crippen molar-refractivity contribution in [3.63, 3.8) is 0 Å². The maximum Gasteiger partial charge on any atom is 0.273 e. The molecule has 0 atom stereocenters. The zero-order chi connectivity index (χ0) is 15.6. The second-order valence-electron chi connectivity index (χ2n) is 4.09. The number of nitrogens with zero attached hydrogens (tertiary/aromatic N) is 1. The Hall–Kier alpha value is -1.36. The van der Waals surface area contributed by atoms with E-state index in [0.717, 1.165) is 18.2 Å². The Bertz CT molecular complexity index is 625. The van der Waals surface area contributed by atoms with Gasteiger partial charge in [0.05, 0.1) is 22.9 Å². The summed E-state index contributed by atoms with van der Waals surface area (Å²) in [6.07, 6.45) is 0. The molecule has 1 aromatic carbocycles. The number of nitrogens with one attached hydrogen (secondary N) is 1. The second-order valence-corrected chi connectivity index (χ2v) is 5.83. The second kappa shape index (κ2) is 7.07. The van der Waals surface area contributed by atoms with Gasteiger partial charge in [0, 0.05) is 12.1 Å². The van der Waals surface area contributed by atoms with Crippen LogP contribution in [0.1, 0.15) is 5.56 Å². The van der Waals surface area contributed by atoms with Gasteiger partial charge in [-0.05, 0) is 18.6 Å². The molecular weight excluding hydrogens is 332 g/mol. The van der Waals surface area contributed by atoms with Gasteiger partial charge in [0.1, 0.15) is 0 Å². The van der Waals surface area contributed by atoms with Crippen LogP contribution in [-0.4, -0.2) is 32.4 Å². The van der Waals surface area contributed by atoms with Gasteiger partial charge in [0.25, 0.3) is 11.6 Å². The molecule has 1 aromatic rings. The van der Waals surface area contributed by atoms with Gasteiger partial charge in [-0.2, -0.15) is 0 Å².